The molecule has 0 bridgehead atoms. The van der Waals surface area contributed by atoms with Crippen molar-refractivity contribution in [2.24, 2.45) is 0 Å². The molecule has 1 N–H and O–H groups in total. The van der Waals surface area contributed by atoms with Crippen LogP contribution in [0.3, 0.4) is 0 Å². The molecule has 6 heteroatoms. The molecule has 2 rings (SSSR count). The van der Waals surface area contributed by atoms with E-state index in [0.717, 1.165) is 11.6 Å². The van der Waals surface area contributed by atoms with Crippen molar-refractivity contribution in [1.29, 1.82) is 5.26 Å². The van der Waals surface area contributed by atoms with Crippen molar-refractivity contribution >= 4 is 6.09 Å². The average molecular weight is 302 g/mol. The van der Waals surface area contributed by atoms with Gasteiger partial charge in [0.1, 0.15) is 24.3 Å². The van der Waals surface area contributed by atoms with Crippen LogP contribution in [0, 0.1) is 23.0 Å². The van der Waals surface area contributed by atoms with Gasteiger partial charge in [0.15, 0.2) is 0 Å². The van der Waals surface area contributed by atoms with Crippen LogP contribution >= 0.6 is 0 Å². The fourth-order valence-electron chi connectivity index (χ4n) is 1.76. The number of ether oxygens (including phenoxy) is 1. The van der Waals surface area contributed by atoms with Gasteiger partial charge in [0.25, 0.3) is 0 Å². The summed E-state index contributed by atoms with van der Waals surface area (Å²) >= 11 is 0. The number of hydrogen-bond acceptors (Lipinski definition) is 3. The van der Waals surface area contributed by atoms with Crippen LogP contribution in [0.15, 0.2) is 42.5 Å². The molecule has 112 valence electrons. The highest BCUT2D eigenvalue weighted by Gasteiger charge is 2.11. The minimum absolute atomic E-state index is 0.00890. The number of rotatable bonds is 4. The molecule has 4 nitrogen and oxygen atoms in total. The summed E-state index contributed by atoms with van der Waals surface area (Å²) in [6.07, 6.45) is -0.730. The van der Waals surface area contributed by atoms with Crippen LogP contribution in [0.1, 0.15) is 16.7 Å². The van der Waals surface area contributed by atoms with Gasteiger partial charge in [-0.25, -0.2) is 13.6 Å². The quantitative estimate of drug-likeness (QED) is 0.943. The van der Waals surface area contributed by atoms with E-state index in [1.54, 1.807) is 18.2 Å². The molecule has 0 aliphatic carbocycles. The Kier molecular flexibility index (Phi) is 5.04. The van der Waals surface area contributed by atoms with Crippen molar-refractivity contribution in [3.63, 3.8) is 0 Å². The van der Waals surface area contributed by atoms with Crippen LogP contribution in [-0.4, -0.2) is 6.09 Å². The fourth-order valence-corrected chi connectivity index (χ4v) is 1.76. The maximum absolute atomic E-state index is 13.5. The predicted molar refractivity (Wildman–Crippen MR) is 74.5 cm³/mol. The van der Waals surface area contributed by atoms with Gasteiger partial charge in [0.05, 0.1) is 5.56 Å². The van der Waals surface area contributed by atoms with E-state index < -0.39 is 17.7 Å². The maximum atomic E-state index is 13.5. The van der Waals surface area contributed by atoms with Crippen molar-refractivity contribution < 1.29 is 18.3 Å². The van der Waals surface area contributed by atoms with E-state index in [0.29, 0.717) is 6.07 Å². The zero-order valence-corrected chi connectivity index (χ0v) is 11.5. The molecule has 2 aromatic rings. The number of halogens is 2. The van der Waals surface area contributed by atoms with E-state index in [-0.39, 0.29) is 24.3 Å². The number of amides is 1. The summed E-state index contributed by atoms with van der Waals surface area (Å²) in [6, 6.07) is 12.3. The molecule has 2 aromatic carbocycles. The lowest BCUT2D eigenvalue weighted by atomic mass is 10.1. The molecule has 0 radical (unpaired) electrons. The maximum Gasteiger partial charge on any atom is 0.407 e. The van der Waals surface area contributed by atoms with Crippen LogP contribution < -0.4 is 5.32 Å². The Morgan fingerprint density at radius 1 is 1.18 bits per heavy atom. The van der Waals surface area contributed by atoms with E-state index in [9.17, 15) is 13.6 Å². The molecule has 0 saturated carbocycles. The lowest BCUT2D eigenvalue weighted by Crippen LogP contribution is -2.24. The molecule has 0 aliphatic heterocycles. The molecule has 0 heterocycles. The summed E-state index contributed by atoms with van der Waals surface area (Å²) in [5.74, 6) is -1.77. The molecule has 0 unspecified atom stereocenters. The van der Waals surface area contributed by atoms with E-state index in [4.69, 9.17) is 10.00 Å². The molecular formula is C16H12F2N2O2. The number of hydrogen-bond donors (Lipinski definition) is 1. The van der Waals surface area contributed by atoms with Crippen LogP contribution in [0.4, 0.5) is 13.6 Å². The van der Waals surface area contributed by atoms with E-state index in [1.165, 1.54) is 0 Å². The Labute approximate surface area is 125 Å². The van der Waals surface area contributed by atoms with Gasteiger partial charge in [-0.05, 0) is 11.6 Å². The summed E-state index contributed by atoms with van der Waals surface area (Å²) in [5, 5.41) is 11.0. The molecule has 0 spiro atoms. The van der Waals surface area contributed by atoms with Crippen LogP contribution in [0.25, 0.3) is 0 Å². The minimum Gasteiger partial charge on any atom is -0.445 e. The third-order valence-electron chi connectivity index (χ3n) is 2.89. The van der Waals surface area contributed by atoms with Gasteiger partial charge in [-0.1, -0.05) is 30.3 Å². The number of nitrogens with zero attached hydrogens (tertiary/aromatic N) is 1. The number of alkyl carbamates (subject to hydrolysis) is 1. The van der Waals surface area contributed by atoms with Crippen LogP contribution in [-0.2, 0) is 17.9 Å². The van der Waals surface area contributed by atoms with Crippen molar-refractivity contribution in [3.05, 3.63) is 70.8 Å². The molecule has 1 amide bonds. The Hall–Kier alpha value is -2.94. The Morgan fingerprint density at radius 3 is 2.59 bits per heavy atom. The van der Waals surface area contributed by atoms with Crippen LogP contribution in [0.2, 0.25) is 0 Å². The highest BCUT2D eigenvalue weighted by atomic mass is 19.1. The third kappa shape index (κ3) is 4.03. The normalized spacial score (nSPS) is 9.86. The van der Waals surface area contributed by atoms with Crippen molar-refractivity contribution in [2.75, 3.05) is 0 Å². The highest BCUT2D eigenvalue weighted by Crippen LogP contribution is 2.14. The van der Waals surface area contributed by atoms with Gasteiger partial charge in [0.2, 0.25) is 0 Å². The summed E-state index contributed by atoms with van der Waals surface area (Å²) in [7, 11) is 0. The van der Waals surface area contributed by atoms with Crippen molar-refractivity contribution in [2.45, 2.75) is 13.2 Å². The first-order chi connectivity index (χ1) is 10.6. The smallest absolute Gasteiger partial charge is 0.407 e. The van der Waals surface area contributed by atoms with Crippen molar-refractivity contribution in [1.82, 2.24) is 5.32 Å². The van der Waals surface area contributed by atoms with E-state index in [1.807, 2.05) is 18.2 Å². The second kappa shape index (κ2) is 7.18. The summed E-state index contributed by atoms with van der Waals surface area (Å²) in [5.41, 5.74) is 0.544. The van der Waals surface area contributed by atoms with Gasteiger partial charge in [-0.15, -0.1) is 0 Å². The first kappa shape index (κ1) is 15.4. The van der Waals surface area contributed by atoms with Gasteiger partial charge >= 0.3 is 6.09 Å². The molecule has 0 atom stereocenters. The molecule has 0 aliphatic rings. The number of carbonyl (C=O) groups excluding carboxylic acids is 1. The SMILES string of the molecule is N#Cc1cc(CNC(=O)OCc2ccccc2)c(F)cc1F. The average Bonchev–Trinajstić information content (AvgIpc) is 2.53. The van der Waals surface area contributed by atoms with Crippen molar-refractivity contribution in [3.8, 4) is 6.07 Å². The Morgan fingerprint density at radius 2 is 1.91 bits per heavy atom. The summed E-state index contributed by atoms with van der Waals surface area (Å²) in [6.45, 7) is -0.115. The Balaban J connectivity index is 1.90. The zero-order valence-electron chi connectivity index (χ0n) is 11.5. The minimum atomic E-state index is -0.935. The second-order valence-corrected chi connectivity index (χ2v) is 4.45. The number of nitrogens with one attached hydrogen (secondary N) is 1. The molecule has 22 heavy (non-hydrogen) atoms. The van der Waals surface area contributed by atoms with Gasteiger partial charge < -0.3 is 10.1 Å². The van der Waals surface area contributed by atoms with Gasteiger partial charge in [0, 0.05) is 18.2 Å². The molecule has 0 saturated heterocycles. The predicted octanol–water partition coefficient (Wildman–Crippen LogP) is 3.26. The molecule has 0 fully saturated rings. The van der Waals surface area contributed by atoms with Gasteiger partial charge in [-0.2, -0.15) is 5.26 Å². The van der Waals surface area contributed by atoms with Gasteiger partial charge in [-0.3, -0.25) is 0 Å². The lowest BCUT2D eigenvalue weighted by molar-refractivity contribution is 0.139. The molecular weight excluding hydrogens is 290 g/mol. The number of benzene rings is 2. The largest absolute Gasteiger partial charge is 0.445 e. The Bertz CT molecular complexity index is 712. The molecule has 0 aromatic heterocycles. The first-order valence-electron chi connectivity index (χ1n) is 6.42. The number of carbonyl (C=O) groups is 1. The standard InChI is InChI=1S/C16H12F2N2O2/c17-14-7-15(18)13(6-12(14)8-19)9-20-16(21)22-10-11-4-2-1-3-5-11/h1-7H,9-10H2,(H,20,21). The topological polar surface area (TPSA) is 62.1 Å². The van der Waals surface area contributed by atoms with E-state index >= 15 is 0 Å². The zero-order chi connectivity index (χ0) is 15.9. The van der Waals surface area contributed by atoms with Crippen LogP contribution in [0.5, 0.6) is 0 Å². The fraction of sp³-hybridized carbons (Fsp3) is 0.125. The summed E-state index contributed by atoms with van der Waals surface area (Å²) < 4.78 is 31.6. The number of nitriles is 1. The monoisotopic (exact) mass is 302 g/mol. The third-order valence-corrected chi connectivity index (χ3v) is 2.89. The highest BCUT2D eigenvalue weighted by molar-refractivity contribution is 5.67. The summed E-state index contributed by atoms with van der Waals surface area (Å²) in [4.78, 5) is 11.5. The first-order valence-corrected chi connectivity index (χ1v) is 6.42. The second-order valence-electron chi connectivity index (χ2n) is 4.45. The van der Waals surface area contributed by atoms with E-state index in [2.05, 4.69) is 5.32 Å². The lowest BCUT2D eigenvalue weighted by Gasteiger charge is -2.08.